The fourth-order valence-corrected chi connectivity index (χ4v) is 3.13. The molecule has 2 aromatic rings. The number of carboxylic acids is 1. The van der Waals surface area contributed by atoms with E-state index in [4.69, 9.17) is 5.11 Å². The minimum Gasteiger partial charge on any atom is -0.478 e. The Balaban J connectivity index is 2.24. The number of hydrogen-bond donors (Lipinski definition) is 1. The number of rotatable bonds is 4. The average Bonchev–Trinajstić information content (AvgIpc) is 2.79. The van der Waals surface area contributed by atoms with Crippen LogP contribution in [0.5, 0.6) is 0 Å². The molecule has 18 heavy (non-hydrogen) atoms. The molecule has 1 heterocycles. The summed E-state index contributed by atoms with van der Waals surface area (Å²) in [4.78, 5) is 16.3. The van der Waals surface area contributed by atoms with Crippen LogP contribution in [0.2, 0.25) is 0 Å². The Morgan fingerprint density at radius 3 is 2.89 bits per heavy atom. The van der Waals surface area contributed by atoms with Crippen LogP contribution in [-0.4, -0.2) is 20.4 Å². The molecule has 0 bridgehead atoms. The minimum absolute atomic E-state index is 0.334. The predicted octanol–water partition coefficient (Wildman–Crippen LogP) is 3.26. The fourth-order valence-electron chi connectivity index (χ4n) is 1.42. The molecule has 4 nitrogen and oxygen atoms in total. The summed E-state index contributed by atoms with van der Waals surface area (Å²) in [6.45, 7) is 3.79. The van der Waals surface area contributed by atoms with E-state index in [1.54, 1.807) is 13.0 Å². The zero-order valence-corrected chi connectivity index (χ0v) is 11.6. The van der Waals surface area contributed by atoms with Crippen LogP contribution in [0.4, 0.5) is 0 Å². The highest BCUT2D eigenvalue weighted by atomic mass is 32.2. The molecule has 0 amide bonds. The Morgan fingerprint density at radius 1 is 1.50 bits per heavy atom. The largest absolute Gasteiger partial charge is 0.478 e. The number of benzene rings is 1. The van der Waals surface area contributed by atoms with E-state index in [1.807, 2.05) is 19.1 Å². The van der Waals surface area contributed by atoms with Crippen molar-refractivity contribution in [3.8, 4) is 0 Å². The van der Waals surface area contributed by atoms with Gasteiger partial charge in [-0.25, -0.2) is 9.78 Å². The summed E-state index contributed by atoms with van der Waals surface area (Å²) >= 11 is 2.79. The van der Waals surface area contributed by atoms with Gasteiger partial charge in [0.2, 0.25) is 0 Å². The van der Waals surface area contributed by atoms with Crippen molar-refractivity contribution >= 4 is 29.3 Å². The van der Waals surface area contributed by atoms with Crippen LogP contribution >= 0.6 is 23.3 Å². The number of carbonyl (C=O) groups is 1. The Hall–Kier alpha value is -1.40. The lowest BCUT2D eigenvalue weighted by atomic mass is 10.1. The van der Waals surface area contributed by atoms with Crippen molar-refractivity contribution in [2.24, 2.45) is 0 Å². The van der Waals surface area contributed by atoms with E-state index in [0.29, 0.717) is 5.56 Å². The molecule has 1 N–H and O–H groups in total. The van der Waals surface area contributed by atoms with E-state index in [2.05, 4.69) is 9.36 Å². The van der Waals surface area contributed by atoms with Crippen molar-refractivity contribution in [2.45, 2.75) is 29.5 Å². The summed E-state index contributed by atoms with van der Waals surface area (Å²) < 4.78 is 5.04. The van der Waals surface area contributed by atoms with Crippen LogP contribution in [0.25, 0.3) is 0 Å². The molecule has 2 rings (SSSR count). The zero-order chi connectivity index (χ0) is 13.1. The van der Waals surface area contributed by atoms with Gasteiger partial charge in [0, 0.05) is 11.3 Å². The van der Waals surface area contributed by atoms with Crippen LogP contribution in [0.1, 0.15) is 28.7 Å². The third-order valence-electron chi connectivity index (χ3n) is 2.41. The van der Waals surface area contributed by atoms with E-state index < -0.39 is 5.97 Å². The number of hydrogen-bond acceptors (Lipinski definition) is 5. The second-order valence-corrected chi connectivity index (χ2v) is 5.79. The lowest BCUT2D eigenvalue weighted by Gasteiger charge is -2.03. The normalized spacial score (nSPS) is 10.6. The molecule has 0 saturated heterocycles. The van der Waals surface area contributed by atoms with E-state index in [0.717, 1.165) is 27.0 Å². The standard InChI is InChI=1S/C12H12N2O2S2/c1-3-10-13-12(18-14-10)17-8-5-4-7(2)9(6-8)11(15)16/h4-6H,3H2,1-2H3,(H,15,16). The zero-order valence-electron chi connectivity index (χ0n) is 10.0. The molecular formula is C12H12N2O2S2. The molecule has 0 unspecified atom stereocenters. The van der Waals surface area contributed by atoms with Gasteiger partial charge in [0.15, 0.2) is 4.34 Å². The summed E-state index contributed by atoms with van der Waals surface area (Å²) in [6.07, 6.45) is 0.811. The van der Waals surface area contributed by atoms with Gasteiger partial charge >= 0.3 is 5.97 Å². The van der Waals surface area contributed by atoms with E-state index >= 15 is 0 Å². The maximum absolute atomic E-state index is 11.0. The first kappa shape index (κ1) is 13.0. The molecule has 0 aliphatic carbocycles. The summed E-state index contributed by atoms with van der Waals surface area (Å²) in [7, 11) is 0. The van der Waals surface area contributed by atoms with E-state index in [-0.39, 0.29) is 0 Å². The van der Waals surface area contributed by atoms with Crippen LogP contribution in [0.3, 0.4) is 0 Å². The highest BCUT2D eigenvalue weighted by molar-refractivity contribution is 8.01. The molecule has 94 valence electrons. The Kier molecular flexibility index (Phi) is 3.98. The maximum Gasteiger partial charge on any atom is 0.335 e. The third-order valence-corrected chi connectivity index (χ3v) is 4.19. The number of aryl methyl sites for hydroxylation is 2. The number of aromatic carboxylic acids is 1. The molecule has 0 atom stereocenters. The van der Waals surface area contributed by atoms with Gasteiger partial charge in [-0.1, -0.05) is 24.8 Å². The second-order valence-electron chi connectivity index (χ2n) is 3.71. The van der Waals surface area contributed by atoms with Gasteiger partial charge in [0.1, 0.15) is 5.82 Å². The fraction of sp³-hybridized carbons (Fsp3) is 0.250. The molecular weight excluding hydrogens is 268 g/mol. The van der Waals surface area contributed by atoms with Gasteiger partial charge in [-0.3, -0.25) is 0 Å². The number of nitrogens with zero attached hydrogens (tertiary/aromatic N) is 2. The highest BCUT2D eigenvalue weighted by Crippen LogP contribution is 2.30. The van der Waals surface area contributed by atoms with Crippen molar-refractivity contribution in [3.05, 3.63) is 35.2 Å². The van der Waals surface area contributed by atoms with E-state index in [9.17, 15) is 4.79 Å². The SMILES string of the molecule is CCc1nsc(Sc2ccc(C)c(C(=O)O)c2)n1. The minimum atomic E-state index is -0.901. The summed E-state index contributed by atoms with van der Waals surface area (Å²) in [6, 6.07) is 5.39. The molecule has 0 aliphatic rings. The predicted molar refractivity (Wildman–Crippen MR) is 71.5 cm³/mol. The van der Waals surface area contributed by atoms with Crippen molar-refractivity contribution < 1.29 is 9.90 Å². The molecule has 6 heteroatoms. The molecule has 0 fully saturated rings. The van der Waals surface area contributed by atoms with Crippen LogP contribution in [-0.2, 0) is 6.42 Å². The lowest BCUT2D eigenvalue weighted by Crippen LogP contribution is -1.99. The average molecular weight is 280 g/mol. The summed E-state index contributed by atoms with van der Waals surface area (Å²) in [5.41, 5.74) is 1.10. The van der Waals surface area contributed by atoms with Gasteiger partial charge in [-0.2, -0.15) is 4.37 Å². The second kappa shape index (κ2) is 5.49. The molecule has 1 aromatic heterocycles. The van der Waals surface area contributed by atoms with E-state index in [1.165, 1.54) is 23.3 Å². The maximum atomic E-state index is 11.0. The molecule has 0 spiro atoms. The van der Waals surface area contributed by atoms with Gasteiger partial charge < -0.3 is 5.11 Å². The summed E-state index contributed by atoms with van der Waals surface area (Å²) in [5, 5.41) is 9.06. The first-order chi connectivity index (χ1) is 8.60. The Labute approximate surface area is 113 Å². The van der Waals surface area contributed by atoms with Gasteiger partial charge in [0.05, 0.1) is 5.56 Å². The quantitative estimate of drug-likeness (QED) is 0.931. The smallest absolute Gasteiger partial charge is 0.335 e. The first-order valence-electron chi connectivity index (χ1n) is 5.44. The van der Waals surface area contributed by atoms with Crippen molar-refractivity contribution in [1.82, 2.24) is 9.36 Å². The summed E-state index contributed by atoms with van der Waals surface area (Å²) in [5.74, 6) is -0.0745. The third kappa shape index (κ3) is 2.88. The molecule has 1 aromatic carbocycles. The first-order valence-corrected chi connectivity index (χ1v) is 7.03. The van der Waals surface area contributed by atoms with Gasteiger partial charge in [-0.15, -0.1) is 0 Å². The van der Waals surface area contributed by atoms with Gasteiger partial charge in [0.25, 0.3) is 0 Å². The monoisotopic (exact) mass is 280 g/mol. The van der Waals surface area contributed by atoms with Crippen molar-refractivity contribution in [1.29, 1.82) is 0 Å². The highest BCUT2D eigenvalue weighted by Gasteiger charge is 2.10. The Bertz CT molecular complexity index is 581. The molecule has 0 radical (unpaired) electrons. The Morgan fingerprint density at radius 2 is 2.28 bits per heavy atom. The van der Waals surface area contributed by atoms with Crippen LogP contribution < -0.4 is 0 Å². The number of carboxylic acid groups (broad SMARTS) is 1. The van der Waals surface area contributed by atoms with Crippen LogP contribution in [0, 0.1) is 6.92 Å². The molecule has 0 saturated carbocycles. The number of aromatic nitrogens is 2. The van der Waals surface area contributed by atoms with Crippen LogP contribution in [0.15, 0.2) is 27.4 Å². The van der Waals surface area contributed by atoms with Gasteiger partial charge in [-0.05, 0) is 36.2 Å². The van der Waals surface area contributed by atoms with Crippen molar-refractivity contribution in [3.63, 3.8) is 0 Å². The van der Waals surface area contributed by atoms with Crippen molar-refractivity contribution in [2.75, 3.05) is 0 Å². The topological polar surface area (TPSA) is 63.1 Å². The lowest BCUT2D eigenvalue weighted by molar-refractivity contribution is 0.0696. The molecule has 0 aliphatic heterocycles.